The van der Waals surface area contributed by atoms with Crippen LogP contribution in [0.25, 0.3) is 10.9 Å². The number of aromatic nitrogens is 1. The molecule has 3 aromatic rings. The summed E-state index contributed by atoms with van der Waals surface area (Å²) < 4.78 is 40.7. The summed E-state index contributed by atoms with van der Waals surface area (Å²) in [4.78, 5) is 3.45. The molecule has 0 radical (unpaired) electrons. The van der Waals surface area contributed by atoms with E-state index in [0.717, 1.165) is 23.7 Å². The van der Waals surface area contributed by atoms with Gasteiger partial charge < -0.3 is 4.98 Å². The smallest absolute Gasteiger partial charge is 0.243 e. The number of fused-ring (bicyclic) bond motifs is 1. The number of para-hydroxylation sites is 1. The molecule has 1 heterocycles. The molecule has 0 saturated heterocycles. The Morgan fingerprint density at radius 2 is 1.92 bits per heavy atom. The predicted octanol–water partition coefficient (Wildman–Crippen LogP) is 3.97. The van der Waals surface area contributed by atoms with Gasteiger partial charge in [0.1, 0.15) is 5.82 Å². The lowest BCUT2D eigenvalue weighted by Crippen LogP contribution is -2.34. The Kier molecular flexibility index (Phi) is 3.93. The highest BCUT2D eigenvalue weighted by atomic mass is 32.2. The average Bonchev–Trinajstić information content (AvgIpc) is 3.23. The first-order valence-electron chi connectivity index (χ1n) is 8.63. The Bertz CT molecular complexity index is 1080. The molecule has 0 bridgehead atoms. The number of aryl methyl sites for hydroxylation is 1. The van der Waals surface area contributed by atoms with Gasteiger partial charge in [-0.1, -0.05) is 18.2 Å². The summed E-state index contributed by atoms with van der Waals surface area (Å²) in [7, 11) is -2.06. The maximum atomic E-state index is 13.3. The van der Waals surface area contributed by atoms with Crippen LogP contribution in [0.2, 0.25) is 0 Å². The van der Waals surface area contributed by atoms with E-state index in [1.54, 1.807) is 14.0 Å². The first-order chi connectivity index (χ1) is 12.3. The van der Waals surface area contributed by atoms with Gasteiger partial charge in [-0.15, -0.1) is 0 Å². The van der Waals surface area contributed by atoms with Gasteiger partial charge in [0.25, 0.3) is 0 Å². The highest BCUT2D eigenvalue weighted by Gasteiger charge is 2.48. The summed E-state index contributed by atoms with van der Waals surface area (Å²) in [6, 6.07) is 11.9. The van der Waals surface area contributed by atoms with Crippen molar-refractivity contribution in [1.29, 1.82) is 0 Å². The number of nitrogens with one attached hydrogen (secondary N) is 1. The summed E-state index contributed by atoms with van der Waals surface area (Å²) in [6.07, 6.45) is 3.91. The Morgan fingerprint density at radius 1 is 1.19 bits per heavy atom. The monoisotopic (exact) mass is 372 g/mol. The number of likely N-dealkylation sites (N-methyl/N-ethyl adjacent to an activating group) is 1. The Balaban J connectivity index is 1.66. The fourth-order valence-electron chi connectivity index (χ4n) is 3.76. The largest absolute Gasteiger partial charge is 0.361 e. The van der Waals surface area contributed by atoms with Crippen molar-refractivity contribution >= 4 is 20.9 Å². The summed E-state index contributed by atoms with van der Waals surface area (Å²) in [5.41, 5.74) is 2.50. The molecule has 1 aromatic heterocycles. The third kappa shape index (κ3) is 2.73. The van der Waals surface area contributed by atoms with Crippen LogP contribution in [-0.2, 0) is 15.4 Å². The molecule has 1 aliphatic rings. The fraction of sp³-hybridized carbons (Fsp3) is 0.300. The molecule has 1 fully saturated rings. The van der Waals surface area contributed by atoms with Crippen molar-refractivity contribution in [1.82, 2.24) is 9.29 Å². The lowest BCUT2D eigenvalue weighted by atomic mass is 9.95. The molecule has 0 unspecified atom stereocenters. The third-order valence-electron chi connectivity index (χ3n) is 5.36. The molecule has 1 saturated carbocycles. The van der Waals surface area contributed by atoms with E-state index in [1.807, 2.05) is 24.4 Å². The minimum absolute atomic E-state index is 0.157. The van der Waals surface area contributed by atoms with Gasteiger partial charge in [0.15, 0.2) is 0 Å². The molecule has 136 valence electrons. The molecule has 0 amide bonds. The normalized spacial score (nSPS) is 16.3. The highest BCUT2D eigenvalue weighted by Crippen LogP contribution is 2.51. The number of hydrogen-bond donors (Lipinski definition) is 1. The summed E-state index contributed by atoms with van der Waals surface area (Å²) in [5, 5.41) is 1.15. The van der Waals surface area contributed by atoms with Gasteiger partial charge >= 0.3 is 0 Å². The van der Waals surface area contributed by atoms with E-state index >= 15 is 0 Å². The second-order valence-electron chi connectivity index (χ2n) is 7.20. The highest BCUT2D eigenvalue weighted by molar-refractivity contribution is 7.89. The van der Waals surface area contributed by atoms with E-state index in [1.165, 1.54) is 28.1 Å². The SMILES string of the molecule is Cc1cc(F)ccc1S(=O)(=O)N(C)CC1(c2c[nH]c3ccccc23)CC1. The van der Waals surface area contributed by atoms with E-state index in [-0.39, 0.29) is 10.3 Å². The zero-order valence-corrected chi connectivity index (χ0v) is 15.6. The predicted molar refractivity (Wildman–Crippen MR) is 100 cm³/mol. The molecule has 4 rings (SSSR count). The van der Waals surface area contributed by atoms with Gasteiger partial charge in [0.2, 0.25) is 10.0 Å². The van der Waals surface area contributed by atoms with Crippen LogP contribution in [0.1, 0.15) is 24.0 Å². The molecular weight excluding hydrogens is 351 g/mol. The molecule has 6 heteroatoms. The van der Waals surface area contributed by atoms with Crippen LogP contribution in [0.15, 0.2) is 53.6 Å². The number of nitrogens with zero attached hydrogens (tertiary/aromatic N) is 1. The van der Waals surface area contributed by atoms with Crippen LogP contribution in [0.3, 0.4) is 0 Å². The van der Waals surface area contributed by atoms with Gasteiger partial charge in [-0.25, -0.2) is 17.1 Å². The second-order valence-corrected chi connectivity index (χ2v) is 9.21. The number of halogens is 1. The van der Waals surface area contributed by atoms with E-state index in [4.69, 9.17) is 0 Å². The van der Waals surface area contributed by atoms with Crippen molar-refractivity contribution in [2.75, 3.05) is 13.6 Å². The van der Waals surface area contributed by atoms with Crippen LogP contribution in [0, 0.1) is 12.7 Å². The van der Waals surface area contributed by atoms with Gasteiger partial charge in [0.05, 0.1) is 4.90 Å². The maximum Gasteiger partial charge on any atom is 0.243 e. The molecule has 0 atom stereocenters. The van der Waals surface area contributed by atoms with Crippen molar-refractivity contribution in [2.24, 2.45) is 0 Å². The van der Waals surface area contributed by atoms with Crippen molar-refractivity contribution in [3.8, 4) is 0 Å². The molecule has 0 spiro atoms. The number of H-pyrrole nitrogens is 1. The van der Waals surface area contributed by atoms with Crippen LogP contribution >= 0.6 is 0 Å². The number of rotatable bonds is 5. The van der Waals surface area contributed by atoms with Crippen molar-refractivity contribution in [2.45, 2.75) is 30.1 Å². The molecule has 4 nitrogen and oxygen atoms in total. The Labute approximate surface area is 152 Å². The zero-order valence-electron chi connectivity index (χ0n) is 14.8. The second kappa shape index (κ2) is 5.93. The standard InChI is InChI=1S/C20H21FN2O2S/c1-14-11-15(21)7-8-19(14)26(24,25)23(2)13-20(9-10-20)17-12-22-18-6-4-3-5-16(17)18/h3-8,11-12,22H,9-10,13H2,1-2H3. The lowest BCUT2D eigenvalue weighted by molar-refractivity contribution is 0.427. The first-order valence-corrected chi connectivity index (χ1v) is 10.1. The molecule has 2 aromatic carbocycles. The Hall–Kier alpha value is -2.18. The van der Waals surface area contributed by atoms with E-state index < -0.39 is 15.8 Å². The van der Waals surface area contributed by atoms with Crippen LogP contribution in [0.4, 0.5) is 4.39 Å². The van der Waals surface area contributed by atoms with Gasteiger partial charge in [-0.2, -0.15) is 0 Å². The van der Waals surface area contributed by atoms with Crippen LogP contribution < -0.4 is 0 Å². The summed E-state index contributed by atoms with van der Waals surface area (Å²) >= 11 is 0. The van der Waals surface area contributed by atoms with E-state index in [0.29, 0.717) is 12.1 Å². The quantitative estimate of drug-likeness (QED) is 0.737. The molecule has 1 N–H and O–H groups in total. The zero-order chi connectivity index (χ0) is 18.5. The first kappa shape index (κ1) is 17.2. The Morgan fingerprint density at radius 3 is 2.62 bits per heavy atom. The number of sulfonamides is 1. The van der Waals surface area contributed by atoms with Crippen molar-refractivity contribution in [3.05, 3.63) is 65.6 Å². The topological polar surface area (TPSA) is 53.2 Å². The summed E-state index contributed by atoms with van der Waals surface area (Å²) in [6.45, 7) is 2.03. The van der Waals surface area contributed by atoms with E-state index in [2.05, 4.69) is 11.1 Å². The maximum absolute atomic E-state index is 13.3. The lowest BCUT2D eigenvalue weighted by Gasteiger charge is -2.24. The molecule has 1 aliphatic carbocycles. The molecule has 26 heavy (non-hydrogen) atoms. The van der Waals surface area contributed by atoms with Gasteiger partial charge in [-0.3, -0.25) is 0 Å². The van der Waals surface area contributed by atoms with Crippen LogP contribution in [0.5, 0.6) is 0 Å². The van der Waals surface area contributed by atoms with Gasteiger partial charge in [0, 0.05) is 36.1 Å². The van der Waals surface area contributed by atoms with Crippen LogP contribution in [-0.4, -0.2) is 31.3 Å². The van der Waals surface area contributed by atoms with Gasteiger partial charge in [-0.05, 0) is 55.2 Å². The fourth-order valence-corrected chi connectivity index (χ4v) is 5.21. The van der Waals surface area contributed by atoms with E-state index in [9.17, 15) is 12.8 Å². The number of benzene rings is 2. The summed E-state index contributed by atoms with van der Waals surface area (Å²) in [5.74, 6) is -0.429. The number of aromatic amines is 1. The molecule has 0 aliphatic heterocycles. The average molecular weight is 372 g/mol. The number of hydrogen-bond acceptors (Lipinski definition) is 2. The molecular formula is C20H21FN2O2S. The third-order valence-corrected chi connectivity index (χ3v) is 7.33. The van der Waals surface area contributed by atoms with Crippen molar-refractivity contribution in [3.63, 3.8) is 0 Å². The van der Waals surface area contributed by atoms with Crippen molar-refractivity contribution < 1.29 is 12.8 Å². The minimum Gasteiger partial charge on any atom is -0.361 e. The minimum atomic E-state index is -3.67.